The normalized spacial score (nSPS) is 17.5. The molecule has 3 aromatic rings. The number of amides is 2. The maximum Gasteiger partial charge on any atom is 0.261 e. The molecule has 2 aliphatic rings. The SMILES string of the molecule is O=C1c2ccccc2C(=O)N1CCc1ccc(S(=O)(=O)NC2CCOc3ccccc32)cc1. The van der Waals surface area contributed by atoms with Crippen molar-refractivity contribution in [3.05, 3.63) is 95.1 Å². The second-order valence-corrected chi connectivity index (χ2v) is 9.76. The number of benzene rings is 3. The van der Waals surface area contributed by atoms with Gasteiger partial charge in [0.05, 0.1) is 28.7 Å². The van der Waals surface area contributed by atoms with Gasteiger partial charge in [-0.25, -0.2) is 13.1 Å². The predicted molar refractivity (Wildman–Crippen MR) is 122 cm³/mol. The molecule has 1 N–H and O–H groups in total. The van der Waals surface area contributed by atoms with E-state index in [0.29, 0.717) is 36.3 Å². The van der Waals surface area contributed by atoms with Crippen LogP contribution in [0, 0.1) is 0 Å². The number of hydrogen-bond acceptors (Lipinski definition) is 5. The molecule has 33 heavy (non-hydrogen) atoms. The van der Waals surface area contributed by atoms with E-state index in [-0.39, 0.29) is 29.3 Å². The molecule has 0 saturated carbocycles. The van der Waals surface area contributed by atoms with Crippen LogP contribution in [0.3, 0.4) is 0 Å². The minimum absolute atomic E-state index is 0.163. The van der Waals surface area contributed by atoms with Crippen molar-refractivity contribution in [2.24, 2.45) is 0 Å². The Labute approximate surface area is 192 Å². The topological polar surface area (TPSA) is 92.8 Å². The number of nitrogens with one attached hydrogen (secondary N) is 1. The lowest BCUT2D eigenvalue weighted by Crippen LogP contribution is -2.32. The number of carbonyl (C=O) groups excluding carboxylic acids is 2. The highest BCUT2D eigenvalue weighted by Gasteiger charge is 2.34. The summed E-state index contributed by atoms with van der Waals surface area (Å²) >= 11 is 0. The van der Waals surface area contributed by atoms with Crippen LogP contribution in [0.25, 0.3) is 0 Å². The standard InChI is InChI=1S/C25H22N2O5S/c28-24-19-5-1-2-6-20(19)25(29)27(24)15-13-17-9-11-18(12-10-17)33(30,31)26-22-14-16-32-23-8-4-3-7-21(22)23/h1-12,22,26H,13-16H2. The van der Waals surface area contributed by atoms with E-state index in [1.165, 1.54) is 4.90 Å². The van der Waals surface area contributed by atoms with Gasteiger partial charge in [-0.2, -0.15) is 0 Å². The fourth-order valence-electron chi connectivity index (χ4n) is 4.24. The van der Waals surface area contributed by atoms with Gasteiger partial charge in [0.2, 0.25) is 10.0 Å². The van der Waals surface area contributed by atoms with Gasteiger partial charge in [0, 0.05) is 18.5 Å². The summed E-state index contributed by atoms with van der Waals surface area (Å²) in [7, 11) is -3.73. The zero-order chi connectivity index (χ0) is 23.0. The lowest BCUT2D eigenvalue weighted by atomic mass is 10.0. The largest absolute Gasteiger partial charge is 0.493 e. The third-order valence-electron chi connectivity index (χ3n) is 5.99. The van der Waals surface area contributed by atoms with Gasteiger partial charge < -0.3 is 4.74 Å². The van der Waals surface area contributed by atoms with Crippen molar-refractivity contribution in [1.82, 2.24) is 9.62 Å². The van der Waals surface area contributed by atoms with E-state index >= 15 is 0 Å². The molecule has 5 rings (SSSR count). The quantitative estimate of drug-likeness (QED) is 0.568. The molecule has 0 aromatic heterocycles. The van der Waals surface area contributed by atoms with Crippen LogP contribution in [0.1, 0.15) is 44.3 Å². The lowest BCUT2D eigenvalue weighted by molar-refractivity contribution is 0.0656. The minimum Gasteiger partial charge on any atom is -0.493 e. The molecule has 2 aliphatic heterocycles. The van der Waals surface area contributed by atoms with Gasteiger partial charge in [0.15, 0.2) is 0 Å². The Hall–Kier alpha value is -3.49. The van der Waals surface area contributed by atoms with E-state index < -0.39 is 10.0 Å². The number of hydrogen-bond donors (Lipinski definition) is 1. The molecule has 0 aliphatic carbocycles. The molecule has 8 heteroatoms. The summed E-state index contributed by atoms with van der Waals surface area (Å²) in [5.41, 5.74) is 2.50. The van der Waals surface area contributed by atoms with Crippen LogP contribution in [0.4, 0.5) is 0 Å². The molecule has 168 valence electrons. The Balaban J connectivity index is 1.26. The van der Waals surface area contributed by atoms with Crippen LogP contribution in [-0.4, -0.2) is 38.3 Å². The number of rotatable bonds is 6. The lowest BCUT2D eigenvalue weighted by Gasteiger charge is -2.26. The number of fused-ring (bicyclic) bond motifs is 2. The van der Waals surface area contributed by atoms with Crippen molar-refractivity contribution < 1.29 is 22.7 Å². The van der Waals surface area contributed by atoms with Gasteiger partial charge >= 0.3 is 0 Å². The van der Waals surface area contributed by atoms with E-state index in [0.717, 1.165) is 11.1 Å². The molecule has 0 saturated heterocycles. The summed E-state index contributed by atoms with van der Waals surface area (Å²) in [6.07, 6.45) is 0.987. The Morgan fingerprint density at radius 2 is 1.52 bits per heavy atom. The zero-order valence-corrected chi connectivity index (χ0v) is 18.5. The van der Waals surface area contributed by atoms with Gasteiger partial charge in [0.1, 0.15) is 5.75 Å². The summed E-state index contributed by atoms with van der Waals surface area (Å²) in [4.78, 5) is 26.4. The second kappa shape index (κ2) is 8.46. The first kappa shape index (κ1) is 21.4. The van der Waals surface area contributed by atoms with Gasteiger partial charge in [-0.05, 0) is 42.3 Å². The summed E-state index contributed by atoms with van der Waals surface area (Å²) < 4.78 is 34.3. The fourth-order valence-corrected chi connectivity index (χ4v) is 5.49. The minimum atomic E-state index is -3.73. The number of carbonyl (C=O) groups is 2. The van der Waals surface area contributed by atoms with E-state index in [9.17, 15) is 18.0 Å². The summed E-state index contributed by atoms with van der Waals surface area (Å²) in [6.45, 7) is 0.677. The first-order chi connectivity index (χ1) is 15.9. The van der Waals surface area contributed by atoms with E-state index in [1.807, 2.05) is 24.3 Å². The second-order valence-electron chi connectivity index (χ2n) is 8.05. The molecule has 0 radical (unpaired) electrons. The molecular formula is C25H22N2O5S. The first-order valence-corrected chi connectivity index (χ1v) is 12.2. The van der Waals surface area contributed by atoms with Crippen LogP contribution in [0.5, 0.6) is 5.75 Å². The smallest absolute Gasteiger partial charge is 0.261 e. The average Bonchev–Trinajstić information content (AvgIpc) is 3.08. The number of nitrogens with zero attached hydrogens (tertiary/aromatic N) is 1. The monoisotopic (exact) mass is 462 g/mol. The van der Waals surface area contributed by atoms with Crippen molar-refractivity contribution in [3.8, 4) is 5.75 Å². The molecule has 0 bridgehead atoms. The number of ether oxygens (including phenoxy) is 1. The molecule has 2 heterocycles. The van der Waals surface area contributed by atoms with Crippen molar-refractivity contribution in [2.45, 2.75) is 23.8 Å². The molecule has 2 amide bonds. The first-order valence-electron chi connectivity index (χ1n) is 10.7. The molecular weight excluding hydrogens is 440 g/mol. The van der Waals surface area contributed by atoms with Crippen molar-refractivity contribution in [1.29, 1.82) is 0 Å². The molecule has 7 nitrogen and oxygen atoms in total. The number of sulfonamides is 1. The van der Waals surface area contributed by atoms with E-state index in [2.05, 4.69) is 4.72 Å². The Kier molecular flexibility index (Phi) is 5.47. The maximum absolute atomic E-state index is 13.0. The number of para-hydroxylation sites is 1. The van der Waals surface area contributed by atoms with Crippen LogP contribution in [0.2, 0.25) is 0 Å². The van der Waals surface area contributed by atoms with Crippen molar-refractivity contribution in [2.75, 3.05) is 13.2 Å². The van der Waals surface area contributed by atoms with Gasteiger partial charge in [-0.3, -0.25) is 14.5 Å². The Morgan fingerprint density at radius 1 is 0.879 bits per heavy atom. The Bertz CT molecular complexity index is 1300. The summed E-state index contributed by atoms with van der Waals surface area (Å²) in [5, 5.41) is 0. The molecule has 0 fully saturated rings. The molecule has 1 atom stereocenters. The van der Waals surface area contributed by atoms with Gasteiger partial charge in [-0.1, -0.05) is 42.5 Å². The van der Waals surface area contributed by atoms with Crippen LogP contribution in [-0.2, 0) is 16.4 Å². The summed E-state index contributed by atoms with van der Waals surface area (Å²) in [6, 6.07) is 20.4. The van der Waals surface area contributed by atoms with Crippen molar-refractivity contribution in [3.63, 3.8) is 0 Å². The average molecular weight is 463 g/mol. The summed E-state index contributed by atoms with van der Waals surface area (Å²) in [5.74, 6) is 0.103. The predicted octanol–water partition coefficient (Wildman–Crippen LogP) is 3.33. The van der Waals surface area contributed by atoms with Crippen LogP contribution < -0.4 is 9.46 Å². The van der Waals surface area contributed by atoms with E-state index in [1.54, 1.807) is 48.5 Å². The van der Waals surface area contributed by atoms with E-state index in [4.69, 9.17) is 4.74 Å². The van der Waals surface area contributed by atoms with Gasteiger partial charge in [0.25, 0.3) is 11.8 Å². The maximum atomic E-state index is 13.0. The highest BCUT2D eigenvalue weighted by molar-refractivity contribution is 7.89. The van der Waals surface area contributed by atoms with Gasteiger partial charge in [-0.15, -0.1) is 0 Å². The third kappa shape index (κ3) is 4.03. The van der Waals surface area contributed by atoms with Crippen LogP contribution >= 0.6 is 0 Å². The molecule has 3 aromatic carbocycles. The third-order valence-corrected chi connectivity index (χ3v) is 7.48. The number of imide groups is 1. The zero-order valence-electron chi connectivity index (χ0n) is 17.7. The Morgan fingerprint density at radius 3 is 2.21 bits per heavy atom. The van der Waals surface area contributed by atoms with Crippen LogP contribution in [0.15, 0.2) is 77.7 Å². The molecule has 1 unspecified atom stereocenters. The highest BCUT2D eigenvalue weighted by Crippen LogP contribution is 2.32. The van der Waals surface area contributed by atoms with Crippen molar-refractivity contribution >= 4 is 21.8 Å². The molecule has 0 spiro atoms. The highest BCUT2D eigenvalue weighted by atomic mass is 32.2. The fraction of sp³-hybridized carbons (Fsp3) is 0.200.